The van der Waals surface area contributed by atoms with Crippen LogP contribution in [0.3, 0.4) is 0 Å². The van der Waals surface area contributed by atoms with Gasteiger partial charge in [0, 0.05) is 0 Å². The second-order valence-electron chi connectivity index (χ2n) is 3.36. The minimum Gasteiger partial charge on any atom is -0.317 e. The smallest absolute Gasteiger partial charge is 0.00431 e. The summed E-state index contributed by atoms with van der Waals surface area (Å²) < 4.78 is 0. The molecule has 1 aromatic carbocycles. The van der Waals surface area contributed by atoms with Crippen LogP contribution in [0.25, 0.3) is 0 Å². The molecule has 1 nitrogen and oxygen atoms in total. The summed E-state index contributed by atoms with van der Waals surface area (Å²) in [5, 5.41) is 3.37. The van der Waals surface area contributed by atoms with Crippen LogP contribution in [0.1, 0.15) is 24.3 Å². The summed E-state index contributed by atoms with van der Waals surface area (Å²) in [4.78, 5) is 0. The summed E-state index contributed by atoms with van der Waals surface area (Å²) in [6, 6.07) is 11.5. The molecule has 0 bridgehead atoms. The monoisotopic (exact) mass is 160 g/mol. The van der Waals surface area contributed by atoms with Crippen LogP contribution >= 0.6 is 0 Å². The van der Waals surface area contributed by atoms with Crippen LogP contribution in [0.2, 0.25) is 0 Å². The average molecular weight is 160 g/mol. The molecule has 1 aliphatic rings. The van der Waals surface area contributed by atoms with E-state index >= 15 is 0 Å². The lowest BCUT2D eigenvalue weighted by atomic mass is 9.90. The van der Waals surface area contributed by atoms with E-state index in [9.17, 15) is 0 Å². The van der Waals surface area contributed by atoms with Crippen molar-refractivity contribution >= 4 is 0 Å². The number of hydrogen-bond acceptors (Lipinski definition) is 1. The Morgan fingerprint density at radius 3 is 2.83 bits per heavy atom. The lowest BCUT2D eigenvalue weighted by molar-refractivity contribution is 0.460. The second kappa shape index (κ2) is 3.72. The topological polar surface area (TPSA) is 12.0 Å². The third-order valence-corrected chi connectivity index (χ3v) is 2.54. The third-order valence-electron chi connectivity index (χ3n) is 2.54. The first kappa shape index (κ1) is 7.81. The summed E-state index contributed by atoms with van der Waals surface area (Å²) in [5.74, 6) is 0.767. The Morgan fingerprint density at radius 1 is 1.33 bits per heavy atom. The molecule has 1 saturated heterocycles. The highest BCUT2D eigenvalue weighted by Gasteiger charge is 2.13. The van der Waals surface area contributed by atoms with Crippen molar-refractivity contribution in [3.05, 3.63) is 35.9 Å². The Hall–Kier alpha value is -0.820. The maximum atomic E-state index is 3.37. The van der Waals surface area contributed by atoms with Crippen LogP contribution < -0.4 is 5.32 Å². The van der Waals surface area contributed by atoms with E-state index in [-0.39, 0.29) is 0 Å². The molecule has 1 fully saturated rings. The molecule has 0 amide bonds. The molecule has 12 heavy (non-hydrogen) atoms. The number of rotatable bonds is 1. The zero-order valence-electron chi connectivity index (χ0n) is 7.22. The lowest BCUT2D eigenvalue weighted by Gasteiger charge is -2.22. The molecule has 1 heterocycles. The zero-order valence-corrected chi connectivity index (χ0v) is 7.22. The molecule has 0 spiro atoms. The van der Waals surface area contributed by atoms with Gasteiger partial charge in [0.05, 0.1) is 0 Å². The Balaban J connectivity index is 2.08. The van der Waals surface area contributed by atoms with Crippen molar-refractivity contribution in [2.45, 2.75) is 18.8 Å². The van der Waals surface area contributed by atoms with Gasteiger partial charge in [-0.15, -0.1) is 0 Å². The van der Waals surface area contributed by atoms with Crippen LogP contribution in [0.5, 0.6) is 0 Å². The molecule has 2 rings (SSSR count). The van der Waals surface area contributed by atoms with Crippen molar-refractivity contribution in [1.82, 2.24) is 5.32 Å². The Morgan fingerprint density at radius 2 is 2.17 bits per heavy atom. The minimum absolute atomic E-state index is 0.767. The van der Waals surface area contributed by atoms with E-state index < -0.39 is 0 Å². The Labute approximate surface area is 73.8 Å². The molecule has 1 aromatic rings. The maximum absolute atomic E-state index is 3.37. The van der Waals surface area contributed by atoms with Crippen molar-refractivity contribution in [1.29, 1.82) is 0 Å². The van der Waals surface area contributed by atoms with Crippen molar-refractivity contribution in [2.24, 2.45) is 0 Å². The number of benzene rings is 1. The molecule has 63 valence electrons. The predicted molar refractivity (Wildman–Crippen MR) is 50.1 cm³/mol. The van der Waals surface area contributed by atoms with Crippen LogP contribution in [-0.4, -0.2) is 13.1 Å². The second-order valence-corrected chi connectivity index (χ2v) is 3.36. The highest BCUT2D eigenvalue weighted by atomic mass is 14.9. The summed E-state index contributed by atoms with van der Waals surface area (Å²) >= 11 is 0. The molecule has 1 N–H and O–H groups in total. The van der Waals surface area contributed by atoms with E-state index in [0.717, 1.165) is 5.92 Å². The fraction of sp³-hybridized carbons (Fsp3) is 0.455. The van der Waals surface area contributed by atoms with Crippen LogP contribution in [0.15, 0.2) is 24.3 Å². The van der Waals surface area contributed by atoms with Crippen LogP contribution in [0.4, 0.5) is 0 Å². The van der Waals surface area contributed by atoms with E-state index in [1.807, 2.05) is 6.07 Å². The highest BCUT2D eigenvalue weighted by molar-refractivity contribution is 5.19. The van der Waals surface area contributed by atoms with Gasteiger partial charge in [-0.05, 0) is 43.5 Å². The van der Waals surface area contributed by atoms with Crippen molar-refractivity contribution in [2.75, 3.05) is 13.1 Å². The molecule has 0 saturated carbocycles. The fourth-order valence-corrected chi connectivity index (χ4v) is 1.82. The summed E-state index contributed by atoms with van der Waals surface area (Å²) in [5.41, 5.74) is 1.46. The van der Waals surface area contributed by atoms with Gasteiger partial charge in [-0.25, -0.2) is 0 Å². The van der Waals surface area contributed by atoms with Crippen molar-refractivity contribution in [3.63, 3.8) is 0 Å². The molecule has 1 radical (unpaired) electrons. The molecule has 0 aliphatic carbocycles. The lowest BCUT2D eigenvalue weighted by Crippen LogP contribution is -2.26. The Kier molecular flexibility index (Phi) is 2.42. The van der Waals surface area contributed by atoms with Crippen molar-refractivity contribution in [3.8, 4) is 0 Å². The van der Waals surface area contributed by atoms with E-state index in [4.69, 9.17) is 0 Å². The first-order valence-electron chi connectivity index (χ1n) is 4.63. The standard InChI is InChI=1S/C11H14N/c1-2-4-10(5-3-1)11-6-8-12-9-7-11/h1-2,4-5,11-12H,6-9H2. The number of nitrogens with one attached hydrogen (secondary N) is 1. The van der Waals surface area contributed by atoms with Gasteiger partial charge in [0.15, 0.2) is 0 Å². The van der Waals surface area contributed by atoms with Gasteiger partial charge in [0.25, 0.3) is 0 Å². The average Bonchev–Trinajstić information content (AvgIpc) is 2.21. The van der Waals surface area contributed by atoms with Crippen LogP contribution in [-0.2, 0) is 0 Å². The largest absolute Gasteiger partial charge is 0.317 e. The number of hydrogen-bond donors (Lipinski definition) is 1. The first-order chi connectivity index (χ1) is 5.97. The molecular weight excluding hydrogens is 146 g/mol. The molecule has 0 atom stereocenters. The van der Waals surface area contributed by atoms with Crippen LogP contribution in [0, 0.1) is 6.07 Å². The van der Waals surface area contributed by atoms with Gasteiger partial charge in [-0.1, -0.05) is 24.3 Å². The van der Waals surface area contributed by atoms with Gasteiger partial charge >= 0.3 is 0 Å². The van der Waals surface area contributed by atoms with Gasteiger partial charge in [-0.3, -0.25) is 0 Å². The van der Waals surface area contributed by atoms with Gasteiger partial charge in [-0.2, -0.15) is 0 Å². The van der Waals surface area contributed by atoms with E-state index in [0.29, 0.717) is 0 Å². The minimum atomic E-state index is 0.767. The molecular formula is C11H14N. The Bertz CT molecular complexity index is 224. The number of piperidine rings is 1. The normalized spacial score (nSPS) is 19.3. The SMILES string of the molecule is [c]1cccc(C2CCNCC2)c1. The van der Waals surface area contributed by atoms with E-state index in [1.165, 1.54) is 31.5 Å². The van der Waals surface area contributed by atoms with Gasteiger partial charge in [0.1, 0.15) is 0 Å². The van der Waals surface area contributed by atoms with Gasteiger partial charge in [0.2, 0.25) is 0 Å². The third kappa shape index (κ3) is 1.67. The molecule has 1 aliphatic heterocycles. The predicted octanol–water partition coefficient (Wildman–Crippen LogP) is 1.95. The zero-order chi connectivity index (χ0) is 8.23. The first-order valence-corrected chi connectivity index (χ1v) is 4.63. The molecule has 1 heteroatoms. The fourth-order valence-electron chi connectivity index (χ4n) is 1.82. The molecule has 0 aromatic heterocycles. The summed E-state index contributed by atoms with van der Waals surface area (Å²) in [7, 11) is 0. The van der Waals surface area contributed by atoms with Gasteiger partial charge < -0.3 is 5.32 Å². The van der Waals surface area contributed by atoms with E-state index in [2.05, 4.69) is 29.6 Å². The summed E-state index contributed by atoms with van der Waals surface area (Å²) in [6.45, 7) is 2.33. The molecule has 0 unspecified atom stereocenters. The quantitative estimate of drug-likeness (QED) is 0.662. The van der Waals surface area contributed by atoms with Crippen molar-refractivity contribution < 1.29 is 0 Å². The van der Waals surface area contributed by atoms with E-state index in [1.54, 1.807) is 0 Å². The maximum Gasteiger partial charge on any atom is -0.00431 e. The highest BCUT2D eigenvalue weighted by Crippen LogP contribution is 2.24. The summed E-state index contributed by atoms with van der Waals surface area (Å²) in [6.07, 6.45) is 2.55.